The van der Waals surface area contributed by atoms with Crippen LogP contribution in [0.2, 0.25) is 0 Å². The fourth-order valence-electron chi connectivity index (χ4n) is 2.65. The first-order valence-corrected chi connectivity index (χ1v) is 7.77. The van der Waals surface area contributed by atoms with E-state index >= 15 is 0 Å². The number of nitrogens with zero attached hydrogens (tertiary/aromatic N) is 2. The van der Waals surface area contributed by atoms with Crippen LogP contribution in [0.15, 0.2) is 29.3 Å². The molecule has 0 spiro atoms. The van der Waals surface area contributed by atoms with Gasteiger partial charge in [0, 0.05) is 36.3 Å². The number of thioether (sulfide) groups is 1. The smallest absolute Gasteiger partial charge is 0.137 e. The zero-order chi connectivity index (χ0) is 14.1. The minimum Gasteiger partial charge on any atom is -0.306 e. The highest BCUT2D eigenvalue weighted by atomic mass is 32.2. The van der Waals surface area contributed by atoms with E-state index in [4.69, 9.17) is 0 Å². The van der Waals surface area contributed by atoms with Gasteiger partial charge in [-0.2, -0.15) is 5.10 Å². The summed E-state index contributed by atoms with van der Waals surface area (Å²) in [7, 11) is 1.93. The second kappa shape index (κ2) is 5.58. The summed E-state index contributed by atoms with van der Waals surface area (Å²) in [5.74, 6) is 0.856. The number of rotatable bonds is 3. The van der Waals surface area contributed by atoms with Crippen molar-refractivity contribution in [2.24, 2.45) is 7.05 Å². The van der Waals surface area contributed by atoms with E-state index < -0.39 is 0 Å². The molecule has 0 fully saturated rings. The Morgan fingerprint density at radius 2 is 2.35 bits per heavy atom. The molecular formula is C15H18FN3S. The Hall–Kier alpha value is -1.33. The number of hydrogen-bond acceptors (Lipinski definition) is 3. The van der Waals surface area contributed by atoms with Crippen molar-refractivity contribution >= 4 is 11.8 Å². The van der Waals surface area contributed by atoms with Crippen LogP contribution < -0.4 is 5.32 Å². The van der Waals surface area contributed by atoms with Gasteiger partial charge in [0.1, 0.15) is 5.82 Å². The lowest BCUT2D eigenvalue weighted by Crippen LogP contribution is -2.24. The van der Waals surface area contributed by atoms with E-state index in [9.17, 15) is 4.39 Å². The molecule has 0 saturated heterocycles. The van der Waals surface area contributed by atoms with Crippen LogP contribution in [-0.4, -0.2) is 15.5 Å². The second-order valence-electron chi connectivity index (χ2n) is 5.14. The Balaban J connectivity index is 1.77. The summed E-state index contributed by atoms with van der Waals surface area (Å²) in [4.78, 5) is 0.805. The molecule has 106 valence electrons. The topological polar surface area (TPSA) is 29.9 Å². The SMILES string of the molecule is Cc1nn(C)cc1CNC1CCSc2c(F)cccc21. The first-order valence-electron chi connectivity index (χ1n) is 6.79. The Labute approximate surface area is 122 Å². The molecule has 1 aromatic heterocycles. The molecule has 1 aliphatic rings. The molecule has 1 atom stereocenters. The van der Waals surface area contributed by atoms with E-state index in [2.05, 4.69) is 10.4 Å². The van der Waals surface area contributed by atoms with Gasteiger partial charge in [-0.3, -0.25) is 4.68 Å². The maximum absolute atomic E-state index is 13.8. The minimum atomic E-state index is -0.100. The van der Waals surface area contributed by atoms with Crippen LogP contribution in [0.1, 0.15) is 29.3 Å². The number of nitrogens with one attached hydrogen (secondary N) is 1. The van der Waals surface area contributed by atoms with Gasteiger partial charge in [-0.05, 0) is 30.7 Å². The third kappa shape index (κ3) is 2.60. The maximum Gasteiger partial charge on any atom is 0.137 e. The largest absolute Gasteiger partial charge is 0.306 e. The lowest BCUT2D eigenvalue weighted by Gasteiger charge is -2.26. The van der Waals surface area contributed by atoms with Gasteiger partial charge in [0.05, 0.1) is 5.69 Å². The summed E-state index contributed by atoms with van der Waals surface area (Å²) in [5, 5.41) is 7.89. The summed E-state index contributed by atoms with van der Waals surface area (Å²) in [6, 6.07) is 5.59. The molecule has 1 N–H and O–H groups in total. The molecule has 3 rings (SSSR count). The van der Waals surface area contributed by atoms with Gasteiger partial charge in [0.25, 0.3) is 0 Å². The van der Waals surface area contributed by atoms with Crippen LogP contribution in [0.5, 0.6) is 0 Å². The van der Waals surface area contributed by atoms with Gasteiger partial charge < -0.3 is 5.32 Å². The number of aryl methyl sites for hydroxylation is 2. The lowest BCUT2D eigenvalue weighted by molar-refractivity contribution is 0.496. The van der Waals surface area contributed by atoms with Crippen molar-refractivity contribution < 1.29 is 4.39 Å². The van der Waals surface area contributed by atoms with Crippen LogP contribution >= 0.6 is 11.8 Å². The number of hydrogen-bond donors (Lipinski definition) is 1. The molecule has 0 radical (unpaired) electrons. The van der Waals surface area contributed by atoms with Crippen molar-refractivity contribution in [2.75, 3.05) is 5.75 Å². The fourth-order valence-corrected chi connectivity index (χ4v) is 3.79. The third-order valence-electron chi connectivity index (χ3n) is 3.68. The number of halogens is 1. The van der Waals surface area contributed by atoms with Gasteiger partial charge in [-0.1, -0.05) is 12.1 Å². The van der Waals surface area contributed by atoms with Gasteiger partial charge in [0.15, 0.2) is 0 Å². The van der Waals surface area contributed by atoms with Gasteiger partial charge in [0.2, 0.25) is 0 Å². The van der Waals surface area contributed by atoms with Crippen molar-refractivity contribution in [3.63, 3.8) is 0 Å². The molecule has 0 saturated carbocycles. The summed E-state index contributed by atoms with van der Waals surface area (Å²) >= 11 is 1.62. The Kier molecular flexibility index (Phi) is 3.81. The highest BCUT2D eigenvalue weighted by Crippen LogP contribution is 2.37. The molecule has 0 bridgehead atoms. The van der Waals surface area contributed by atoms with Crippen LogP contribution in [0.4, 0.5) is 4.39 Å². The molecule has 2 heterocycles. The van der Waals surface area contributed by atoms with Crippen molar-refractivity contribution in [2.45, 2.75) is 30.8 Å². The zero-order valence-corrected chi connectivity index (χ0v) is 12.5. The number of aromatic nitrogens is 2. The zero-order valence-electron chi connectivity index (χ0n) is 11.7. The highest BCUT2D eigenvalue weighted by Gasteiger charge is 2.22. The molecule has 1 aliphatic heterocycles. The van der Waals surface area contributed by atoms with Crippen LogP contribution in [-0.2, 0) is 13.6 Å². The Morgan fingerprint density at radius 3 is 3.10 bits per heavy atom. The van der Waals surface area contributed by atoms with Crippen molar-refractivity contribution in [3.05, 3.63) is 47.0 Å². The van der Waals surface area contributed by atoms with E-state index in [0.717, 1.165) is 34.9 Å². The van der Waals surface area contributed by atoms with E-state index in [1.54, 1.807) is 23.9 Å². The second-order valence-corrected chi connectivity index (χ2v) is 6.25. The minimum absolute atomic E-state index is 0.100. The average Bonchev–Trinajstić information content (AvgIpc) is 2.75. The average molecular weight is 291 g/mol. The molecule has 5 heteroatoms. The van der Waals surface area contributed by atoms with E-state index in [1.165, 1.54) is 5.56 Å². The molecule has 3 nitrogen and oxygen atoms in total. The van der Waals surface area contributed by atoms with Crippen LogP contribution in [0, 0.1) is 12.7 Å². The number of benzene rings is 1. The van der Waals surface area contributed by atoms with Gasteiger partial charge >= 0.3 is 0 Å². The monoisotopic (exact) mass is 291 g/mol. The Morgan fingerprint density at radius 1 is 1.50 bits per heavy atom. The molecule has 1 unspecified atom stereocenters. The molecule has 0 aliphatic carbocycles. The van der Waals surface area contributed by atoms with E-state index in [0.29, 0.717) is 0 Å². The van der Waals surface area contributed by atoms with Gasteiger partial charge in [-0.15, -0.1) is 11.8 Å². The summed E-state index contributed by atoms with van der Waals surface area (Å²) in [6.07, 6.45) is 3.06. The predicted octanol–water partition coefficient (Wildman–Crippen LogP) is 3.19. The summed E-state index contributed by atoms with van der Waals surface area (Å²) < 4.78 is 15.6. The third-order valence-corrected chi connectivity index (χ3v) is 4.84. The normalized spacial score (nSPS) is 18.1. The van der Waals surface area contributed by atoms with Crippen LogP contribution in [0.3, 0.4) is 0 Å². The van der Waals surface area contributed by atoms with E-state index in [-0.39, 0.29) is 11.9 Å². The lowest BCUT2D eigenvalue weighted by atomic mass is 10.0. The molecule has 1 aromatic carbocycles. The van der Waals surface area contributed by atoms with Crippen molar-refractivity contribution in [3.8, 4) is 0 Å². The Bertz CT molecular complexity index is 624. The first kappa shape index (κ1) is 13.6. The standard InChI is InChI=1S/C15H18FN3S/c1-10-11(9-19(2)18-10)8-17-14-6-7-20-15-12(14)4-3-5-13(15)16/h3-5,9,14,17H,6-8H2,1-2H3. The van der Waals surface area contributed by atoms with Crippen LogP contribution in [0.25, 0.3) is 0 Å². The quantitative estimate of drug-likeness (QED) is 0.942. The van der Waals surface area contributed by atoms with Gasteiger partial charge in [-0.25, -0.2) is 4.39 Å². The van der Waals surface area contributed by atoms with E-state index in [1.807, 2.05) is 30.9 Å². The molecule has 0 amide bonds. The summed E-state index contributed by atoms with van der Waals surface area (Å²) in [6.45, 7) is 2.78. The fraction of sp³-hybridized carbons (Fsp3) is 0.400. The number of fused-ring (bicyclic) bond motifs is 1. The molecule has 2 aromatic rings. The highest BCUT2D eigenvalue weighted by molar-refractivity contribution is 7.99. The molecule has 20 heavy (non-hydrogen) atoms. The van der Waals surface area contributed by atoms with Crippen molar-refractivity contribution in [1.82, 2.24) is 15.1 Å². The predicted molar refractivity (Wildman–Crippen MR) is 79.3 cm³/mol. The molecular weight excluding hydrogens is 273 g/mol. The summed E-state index contributed by atoms with van der Waals surface area (Å²) in [5.41, 5.74) is 3.33. The maximum atomic E-state index is 13.8. The first-order chi connectivity index (χ1) is 9.65. The van der Waals surface area contributed by atoms with Crippen molar-refractivity contribution in [1.29, 1.82) is 0 Å².